The standard InChI is InChI=1S/C12H14BrN3O2/c1-6-4-9(8(3)18-6)7(2)16-11-10(13)12(17)15-5-14-11/h4-5,7H,1-3H3,(H2,14,15,16,17). The largest absolute Gasteiger partial charge is 0.466 e. The molecule has 2 heterocycles. The van der Waals surface area contributed by atoms with E-state index in [4.69, 9.17) is 4.42 Å². The van der Waals surface area contributed by atoms with Crippen molar-refractivity contribution in [2.75, 3.05) is 5.32 Å². The van der Waals surface area contributed by atoms with Gasteiger partial charge in [-0.05, 0) is 42.8 Å². The Morgan fingerprint density at radius 1 is 1.50 bits per heavy atom. The van der Waals surface area contributed by atoms with Crippen LogP contribution in [0.2, 0.25) is 0 Å². The molecule has 0 amide bonds. The van der Waals surface area contributed by atoms with Crippen LogP contribution in [0.15, 0.2) is 26.1 Å². The first kappa shape index (κ1) is 12.9. The molecule has 18 heavy (non-hydrogen) atoms. The summed E-state index contributed by atoms with van der Waals surface area (Å²) < 4.78 is 5.89. The zero-order chi connectivity index (χ0) is 13.3. The van der Waals surface area contributed by atoms with Crippen LogP contribution >= 0.6 is 15.9 Å². The molecule has 2 rings (SSSR count). The minimum absolute atomic E-state index is 0.00745. The van der Waals surface area contributed by atoms with Gasteiger partial charge in [0.1, 0.15) is 21.8 Å². The van der Waals surface area contributed by atoms with Crippen molar-refractivity contribution < 1.29 is 4.42 Å². The SMILES string of the molecule is Cc1cc(C(C)Nc2nc[nH]c(=O)c2Br)c(C)o1. The summed E-state index contributed by atoms with van der Waals surface area (Å²) in [7, 11) is 0. The molecule has 0 aliphatic carbocycles. The van der Waals surface area contributed by atoms with Crippen LogP contribution in [0.5, 0.6) is 0 Å². The Bertz CT molecular complexity index is 618. The van der Waals surface area contributed by atoms with Gasteiger partial charge in [0.05, 0.1) is 12.4 Å². The van der Waals surface area contributed by atoms with Gasteiger partial charge in [-0.1, -0.05) is 0 Å². The highest BCUT2D eigenvalue weighted by Gasteiger charge is 2.15. The molecule has 0 spiro atoms. The molecule has 0 aliphatic heterocycles. The lowest BCUT2D eigenvalue weighted by atomic mass is 10.1. The third-order valence-electron chi connectivity index (χ3n) is 2.70. The van der Waals surface area contributed by atoms with Gasteiger partial charge in [0.25, 0.3) is 5.56 Å². The molecular formula is C12H14BrN3O2. The second-order valence-electron chi connectivity index (χ2n) is 4.13. The lowest BCUT2D eigenvalue weighted by Crippen LogP contribution is -2.14. The highest BCUT2D eigenvalue weighted by atomic mass is 79.9. The van der Waals surface area contributed by atoms with E-state index in [1.165, 1.54) is 6.33 Å². The molecular weight excluding hydrogens is 298 g/mol. The van der Waals surface area contributed by atoms with E-state index < -0.39 is 0 Å². The molecule has 1 atom stereocenters. The zero-order valence-corrected chi connectivity index (χ0v) is 12.0. The molecule has 0 fully saturated rings. The van der Waals surface area contributed by atoms with E-state index in [0.717, 1.165) is 17.1 Å². The number of H-pyrrole nitrogens is 1. The third-order valence-corrected chi connectivity index (χ3v) is 3.43. The van der Waals surface area contributed by atoms with Crippen LogP contribution in [0.4, 0.5) is 5.82 Å². The molecule has 1 unspecified atom stereocenters. The smallest absolute Gasteiger partial charge is 0.267 e. The fourth-order valence-corrected chi connectivity index (χ4v) is 2.18. The highest BCUT2D eigenvalue weighted by Crippen LogP contribution is 2.25. The van der Waals surface area contributed by atoms with Gasteiger partial charge in [-0.15, -0.1) is 0 Å². The van der Waals surface area contributed by atoms with Gasteiger partial charge in [-0.2, -0.15) is 0 Å². The van der Waals surface area contributed by atoms with Crippen LogP contribution in [0.3, 0.4) is 0 Å². The maximum absolute atomic E-state index is 11.4. The Labute approximate surface area is 113 Å². The molecule has 6 heteroatoms. The summed E-state index contributed by atoms with van der Waals surface area (Å²) in [5, 5.41) is 3.18. The third kappa shape index (κ3) is 2.48. The molecule has 0 bridgehead atoms. The number of hydrogen-bond acceptors (Lipinski definition) is 4. The first-order valence-electron chi connectivity index (χ1n) is 5.55. The predicted molar refractivity (Wildman–Crippen MR) is 72.8 cm³/mol. The Hall–Kier alpha value is -1.56. The molecule has 0 radical (unpaired) electrons. The Balaban J connectivity index is 2.26. The minimum atomic E-state index is -0.209. The maximum atomic E-state index is 11.4. The maximum Gasteiger partial charge on any atom is 0.267 e. The number of nitrogens with zero attached hydrogens (tertiary/aromatic N) is 1. The van der Waals surface area contributed by atoms with E-state index in [0.29, 0.717) is 10.3 Å². The quantitative estimate of drug-likeness (QED) is 0.914. The summed E-state index contributed by atoms with van der Waals surface area (Å²) in [4.78, 5) is 18.0. The lowest BCUT2D eigenvalue weighted by Gasteiger charge is -2.14. The number of aromatic amines is 1. The monoisotopic (exact) mass is 311 g/mol. The number of nitrogens with one attached hydrogen (secondary N) is 2. The van der Waals surface area contributed by atoms with Crippen molar-refractivity contribution in [1.82, 2.24) is 9.97 Å². The molecule has 2 N–H and O–H groups in total. The average Bonchev–Trinajstić information content (AvgIpc) is 2.64. The van der Waals surface area contributed by atoms with Crippen LogP contribution < -0.4 is 10.9 Å². The molecule has 0 aliphatic rings. The van der Waals surface area contributed by atoms with Crippen molar-refractivity contribution in [2.24, 2.45) is 0 Å². The summed E-state index contributed by atoms with van der Waals surface area (Å²) in [6.45, 7) is 5.82. The normalized spacial score (nSPS) is 12.4. The Morgan fingerprint density at radius 3 is 2.83 bits per heavy atom. The van der Waals surface area contributed by atoms with Gasteiger partial charge < -0.3 is 14.7 Å². The molecule has 96 valence electrons. The van der Waals surface area contributed by atoms with Gasteiger partial charge >= 0.3 is 0 Å². The summed E-state index contributed by atoms with van der Waals surface area (Å²) in [5.41, 5.74) is 0.848. The number of anilines is 1. The van der Waals surface area contributed by atoms with Gasteiger partial charge in [-0.3, -0.25) is 4.79 Å². The van der Waals surface area contributed by atoms with Crippen LogP contribution in [-0.2, 0) is 0 Å². The molecule has 2 aromatic rings. The topological polar surface area (TPSA) is 70.9 Å². The summed E-state index contributed by atoms with van der Waals surface area (Å²) in [6, 6.07) is 1.99. The fourth-order valence-electron chi connectivity index (χ4n) is 1.85. The van der Waals surface area contributed by atoms with Crippen LogP contribution in [-0.4, -0.2) is 9.97 Å². The number of halogens is 1. The molecule has 0 saturated carbocycles. The molecule has 0 saturated heterocycles. The Kier molecular flexibility index (Phi) is 3.56. The van der Waals surface area contributed by atoms with E-state index in [9.17, 15) is 4.79 Å². The summed E-state index contributed by atoms with van der Waals surface area (Å²) in [5.74, 6) is 2.26. The summed E-state index contributed by atoms with van der Waals surface area (Å²) in [6.07, 6.45) is 1.37. The number of furan rings is 1. The average molecular weight is 312 g/mol. The van der Waals surface area contributed by atoms with E-state index in [2.05, 4.69) is 31.2 Å². The number of rotatable bonds is 3. The first-order chi connectivity index (χ1) is 8.49. The minimum Gasteiger partial charge on any atom is -0.466 e. The number of aromatic nitrogens is 2. The van der Waals surface area contributed by atoms with E-state index >= 15 is 0 Å². The van der Waals surface area contributed by atoms with Gasteiger partial charge in [-0.25, -0.2) is 4.98 Å². The fraction of sp³-hybridized carbons (Fsp3) is 0.333. The van der Waals surface area contributed by atoms with Crippen LogP contribution in [0.25, 0.3) is 0 Å². The number of hydrogen-bond donors (Lipinski definition) is 2. The van der Waals surface area contributed by atoms with Crippen molar-refractivity contribution >= 4 is 21.7 Å². The van der Waals surface area contributed by atoms with E-state index in [1.54, 1.807) is 0 Å². The van der Waals surface area contributed by atoms with Crippen molar-refractivity contribution in [2.45, 2.75) is 26.8 Å². The predicted octanol–water partition coefficient (Wildman–Crippen LogP) is 2.92. The lowest BCUT2D eigenvalue weighted by molar-refractivity contribution is 0.499. The molecule has 0 aromatic carbocycles. The van der Waals surface area contributed by atoms with Crippen molar-refractivity contribution in [3.63, 3.8) is 0 Å². The summed E-state index contributed by atoms with van der Waals surface area (Å²) >= 11 is 3.21. The van der Waals surface area contributed by atoms with Crippen LogP contribution in [0, 0.1) is 13.8 Å². The van der Waals surface area contributed by atoms with Gasteiger partial charge in [0.2, 0.25) is 0 Å². The first-order valence-corrected chi connectivity index (χ1v) is 6.35. The van der Waals surface area contributed by atoms with Crippen molar-refractivity contribution in [3.05, 3.63) is 44.3 Å². The molecule has 2 aromatic heterocycles. The second kappa shape index (κ2) is 4.97. The van der Waals surface area contributed by atoms with Crippen molar-refractivity contribution in [3.8, 4) is 0 Å². The zero-order valence-electron chi connectivity index (χ0n) is 10.4. The number of aryl methyl sites for hydroxylation is 2. The van der Waals surface area contributed by atoms with Crippen LogP contribution in [0.1, 0.15) is 30.0 Å². The Morgan fingerprint density at radius 2 is 2.22 bits per heavy atom. The second-order valence-corrected chi connectivity index (χ2v) is 4.92. The van der Waals surface area contributed by atoms with Gasteiger partial charge in [0, 0.05) is 5.56 Å². The van der Waals surface area contributed by atoms with Gasteiger partial charge in [0.15, 0.2) is 0 Å². The molecule has 5 nitrogen and oxygen atoms in total. The van der Waals surface area contributed by atoms with Crippen molar-refractivity contribution in [1.29, 1.82) is 0 Å². The van der Waals surface area contributed by atoms with E-state index in [1.807, 2.05) is 26.8 Å². The van der Waals surface area contributed by atoms with E-state index in [-0.39, 0.29) is 11.6 Å². The highest BCUT2D eigenvalue weighted by molar-refractivity contribution is 9.10.